The molecular weight excluding hydrogens is 288 g/mol. The number of benzene rings is 1. The van der Waals surface area contributed by atoms with Gasteiger partial charge in [-0.15, -0.1) is 0 Å². The standard InChI is InChI=1S/C19H26N2O2/c1-20-11-13-21(14-12-20)15-16-23-19(22)9-7-18(8-10-19)17-5-3-2-4-6-17/h2-9,22H,10-16H2,1H3. The molecule has 1 aromatic rings. The second-order valence-electron chi connectivity index (χ2n) is 6.40. The molecular formula is C19H26N2O2. The summed E-state index contributed by atoms with van der Waals surface area (Å²) in [5.74, 6) is -1.16. The number of hydrogen-bond donors (Lipinski definition) is 1. The van der Waals surface area contributed by atoms with E-state index in [0.717, 1.165) is 38.3 Å². The minimum Gasteiger partial charge on any atom is -0.362 e. The molecule has 1 aliphatic heterocycles. The summed E-state index contributed by atoms with van der Waals surface area (Å²) in [4.78, 5) is 4.73. The van der Waals surface area contributed by atoms with Crippen LogP contribution < -0.4 is 0 Å². The third kappa shape index (κ3) is 4.52. The van der Waals surface area contributed by atoms with Gasteiger partial charge >= 0.3 is 0 Å². The van der Waals surface area contributed by atoms with Gasteiger partial charge in [0, 0.05) is 39.1 Å². The highest BCUT2D eigenvalue weighted by molar-refractivity contribution is 5.75. The van der Waals surface area contributed by atoms with Gasteiger partial charge in [0.05, 0.1) is 6.61 Å². The first-order valence-corrected chi connectivity index (χ1v) is 8.37. The van der Waals surface area contributed by atoms with Crippen LogP contribution in [-0.4, -0.2) is 67.1 Å². The van der Waals surface area contributed by atoms with Gasteiger partial charge in [0.2, 0.25) is 0 Å². The zero-order valence-electron chi connectivity index (χ0n) is 13.8. The molecule has 0 radical (unpaired) electrons. The Balaban J connectivity index is 1.46. The fraction of sp³-hybridized carbons (Fsp3) is 0.474. The summed E-state index contributed by atoms with van der Waals surface area (Å²) in [5.41, 5.74) is 2.31. The molecule has 1 saturated heterocycles. The van der Waals surface area contributed by atoms with Crippen molar-refractivity contribution >= 4 is 5.57 Å². The molecule has 1 heterocycles. The number of aliphatic hydroxyl groups is 1. The fourth-order valence-corrected chi connectivity index (χ4v) is 2.99. The highest BCUT2D eigenvalue weighted by Gasteiger charge is 2.26. The smallest absolute Gasteiger partial charge is 0.189 e. The number of piperazine rings is 1. The number of rotatable bonds is 5. The topological polar surface area (TPSA) is 35.9 Å². The zero-order chi connectivity index (χ0) is 16.1. The van der Waals surface area contributed by atoms with E-state index >= 15 is 0 Å². The van der Waals surface area contributed by atoms with Crippen LogP contribution in [0.2, 0.25) is 0 Å². The van der Waals surface area contributed by atoms with Crippen LogP contribution in [0.3, 0.4) is 0 Å². The molecule has 0 aromatic heterocycles. The van der Waals surface area contributed by atoms with Crippen LogP contribution in [0.4, 0.5) is 0 Å². The molecule has 3 rings (SSSR count). The van der Waals surface area contributed by atoms with Crippen molar-refractivity contribution in [2.75, 3.05) is 46.4 Å². The molecule has 124 valence electrons. The highest BCUT2D eigenvalue weighted by atomic mass is 16.6. The summed E-state index contributed by atoms with van der Waals surface area (Å²) in [7, 11) is 2.15. The van der Waals surface area contributed by atoms with Crippen molar-refractivity contribution in [1.82, 2.24) is 9.80 Å². The van der Waals surface area contributed by atoms with Gasteiger partial charge in [-0.3, -0.25) is 4.90 Å². The van der Waals surface area contributed by atoms with Gasteiger partial charge in [-0.2, -0.15) is 0 Å². The summed E-state index contributed by atoms with van der Waals surface area (Å²) < 4.78 is 5.75. The normalized spacial score (nSPS) is 26.3. The van der Waals surface area contributed by atoms with Crippen LogP contribution in [0.25, 0.3) is 5.57 Å². The molecule has 1 unspecified atom stereocenters. The number of hydrogen-bond acceptors (Lipinski definition) is 4. The van der Waals surface area contributed by atoms with Crippen molar-refractivity contribution in [3.63, 3.8) is 0 Å². The van der Waals surface area contributed by atoms with E-state index in [-0.39, 0.29) is 0 Å². The Morgan fingerprint density at radius 2 is 1.87 bits per heavy atom. The highest BCUT2D eigenvalue weighted by Crippen LogP contribution is 2.27. The third-order valence-corrected chi connectivity index (χ3v) is 4.60. The molecule has 0 saturated carbocycles. The zero-order valence-corrected chi connectivity index (χ0v) is 13.8. The van der Waals surface area contributed by atoms with E-state index in [0.29, 0.717) is 13.0 Å². The van der Waals surface area contributed by atoms with Gasteiger partial charge < -0.3 is 14.7 Å². The third-order valence-electron chi connectivity index (χ3n) is 4.60. The maximum absolute atomic E-state index is 10.5. The Morgan fingerprint density at radius 3 is 2.52 bits per heavy atom. The summed E-state index contributed by atoms with van der Waals surface area (Å²) in [5, 5.41) is 10.5. The SMILES string of the molecule is CN1CCN(CCOC2(O)C=CC(c3ccccc3)=CC2)CC1. The van der Waals surface area contributed by atoms with Crippen LogP contribution in [-0.2, 0) is 4.74 Å². The van der Waals surface area contributed by atoms with Gasteiger partial charge in [-0.25, -0.2) is 0 Å². The van der Waals surface area contributed by atoms with Gasteiger partial charge in [-0.05, 0) is 24.3 Å². The van der Waals surface area contributed by atoms with E-state index in [1.807, 2.05) is 30.4 Å². The summed E-state index contributed by atoms with van der Waals surface area (Å²) in [6.07, 6.45) is 6.27. The fourth-order valence-electron chi connectivity index (χ4n) is 2.99. The molecule has 1 aromatic carbocycles. The van der Waals surface area contributed by atoms with Gasteiger partial charge in [0.15, 0.2) is 5.79 Å². The van der Waals surface area contributed by atoms with Crippen LogP contribution in [0, 0.1) is 0 Å². The van der Waals surface area contributed by atoms with Crippen molar-refractivity contribution < 1.29 is 9.84 Å². The quantitative estimate of drug-likeness (QED) is 0.843. The first kappa shape index (κ1) is 16.4. The first-order chi connectivity index (χ1) is 11.1. The minimum atomic E-state index is -1.16. The van der Waals surface area contributed by atoms with Crippen LogP contribution in [0.1, 0.15) is 12.0 Å². The lowest BCUT2D eigenvalue weighted by atomic mass is 9.96. The van der Waals surface area contributed by atoms with Gasteiger partial charge in [0.1, 0.15) is 0 Å². The number of ether oxygens (including phenoxy) is 1. The first-order valence-electron chi connectivity index (χ1n) is 8.37. The molecule has 23 heavy (non-hydrogen) atoms. The van der Waals surface area contributed by atoms with Crippen molar-refractivity contribution in [2.24, 2.45) is 0 Å². The average molecular weight is 314 g/mol. The number of nitrogens with zero attached hydrogens (tertiary/aromatic N) is 2. The van der Waals surface area contributed by atoms with Crippen LogP contribution >= 0.6 is 0 Å². The molecule has 1 fully saturated rings. The molecule has 4 nitrogen and oxygen atoms in total. The largest absolute Gasteiger partial charge is 0.362 e. The van der Waals surface area contributed by atoms with Gasteiger partial charge in [-0.1, -0.05) is 42.5 Å². The van der Waals surface area contributed by atoms with Crippen molar-refractivity contribution in [1.29, 1.82) is 0 Å². The molecule has 1 aliphatic carbocycles. The molecule has 1 N–H and O–H groups in total. The summed E-state index contributed by atoms with van der Waals surface area (Å²) in [6.45, 7) is 5.79. The van der Waals surface area contributed by atoms with Gasteiger partial charge in [0.25, 0.3) is 0 Å². The minimum absolute atomic E-state index is 0.496. The van der Waals surface area contributed by atoms with E-state index in [4.69, 9.17) is 4.74 Å². The Hall–Kier alpha value is -1.46. The Labute approximate surface area is 138 Å². The van der Waals surface area contributed by atoms with Crippen molar-refractivity contribution in [3.05, 3.63) is 54.1 Å². The van der Waals surface area contributed by atoms with E-state index < -0.39 is 5.79 Å². The second-order valence-corrected chi connectivity index (χ2v) is 6.40. The molecule has 0 amide bonds. The summed E-state index contributed by atoms with van der Waals surface area (Å²) >= 11 is 0. The monoisotopic (exact) mass is 314 g/mol. The second kappa shape index (κ2) is 7.41. The Bertz CT molecular complexity index is 562. The van der Waals surface area contributed by atoms with Crippen molar-refractivity contribution in [2.45, 2.75) is 12.2 Å². The lowest BCUT2D eigenvalue weighted by Gasteiger charge is -2.33. The number of allylic oxidation sites excluding steroid dienone is 2. The van der Waals surface area contributed by atoms with Crippen molar-refractivity contribution in [3.8, 4) is 0 Å². The predicted molar refractivity (Wildman–Crippen MR) is 93.0 cm³/mol. The maximum atomic E-state index is 10.5. The lowest BCUT2D eigenvalue weighted by molar-refractivity contribution is -0.167. The Kier molecular flexibility index (Phi) is 5.28. The van der Waals surface area contributed by atoms with Crippen LogP contribution in [0.15, 0.2) is 48.6 Å². The van der Waals surface area contributed by atoms with E-state index in [2.05, 4.69) is 29.0 Å². The Morgan fingerprint density at radius 1 is 1.13 bits per heavy atom. The lowest BCUT2D eigenvalue weighted by Crippen LogP contribution is -2.46. The van der Waals surface area contributed by atoms with E-state index in [1.54, 1.807) is 6.08 Å². The molecule has 0 spiro atoms. The molecule has 4 heteroatoms. The average Bonchev–Trinajstić information content (AvgIpc) is 2.58. The van der Waals surface area contributed by atoms with E-state index in [1.165, 1.54) is 5.56 Å². The molecule has 1 atom stereocenters. The maximum Gasteiger partial charge on any atom is 0.189 e. The molecule has 2 aliphatic rings. The van der Waals surface area contributed by atoms with E-state index in [9.17, 15) is 5.11 Å². The predicted octanol–water partition coefficient (Wildman–Crippen LogP) is 1.98. The number of likely N-dealkylation sites (N-methyl/N-ethyl adjacent to an activating group) is 1. The van der Waals surface area contributed by atoms with Crippen LogP contribution in [0.5, 0.6) is 0 Å². The molecule has 0 bridgehead atoms. The summed E-state index contributed by atoms with van der Waals surface area (Å²) in [6, 6.07) is 10.2.